The number of hydrogen-bond acceptors (Lipinski definition) is 3. The average Bonchev–Trinajstić information content (AvgIpc) is 2.69. The lowest BCUT2D eigenvalue weighted by Crippen LogP contribution is -2.46. The fourth-order valence-electron chi connectivity index (χ4n) is 2.26. The van der Waals surface area contributed by atoms with Gasteiger partial charge in [-0.15, -0.1) is 0 Å². The third kappa shape index (κ3) is 3.71. The van der Waals surface area contributed by atoms with E-state index in [1.54, 1.807) is 39.0 Å². The summed E-state index contributed by atoms with van der Waals surface area (Å²) in [4.78, 5) is 23.7. The van der Waals surface area contributed by atoms with E-state index in [4.69, 9.17) is 4.74 Å². The monoisotopic (exact) mass is 294 g/mol. The largest absolute Gasteiger partial charge is 0.443 e. The molecule has 5 nitrogen and oxygen atoms in total. The van der Waals surface area contributed by atoms with Gasteiger partial charge >= 0.3 is 6.09 Å². The van der Waals surface area contributed by atoms with E-state index in [1.165, 1.54) is 6.07 Å². The standard InChI is InChI=1S/C15H19FN2O3/c1-15(2,3)21-14(20)17-18-12(8-9-13(18)19)10-6-4-5-7-11(10)16/h4-7,12H,8-9H2,1-3H3,(H,17,20)/t12-/m0/s1. The highest BCUT2D eigenvalue weighted by Gasteiger charge is 2.35. The normalized spacial score (nSPS) is 18.8. The van der Waals surface area contributed by atoms with Crippen molar-refractivity contribution in [2.24, 2.45) is 0 Å². The number of carbonyl (C=O) groups excluding carboxylic acids is 2. The Bertz CT molecular complexity index is 554. The maximum Gasteiger partial charge on any atom is 0.426 e. The number of nitrogens with one attached hydrogen (secondary N) is 1. The number of nitrogens with zero attached hydrogens (tertiary/aromatic N) is 1. The molecule has 6 heteroatoms. The molecule has 21 heavy (non-hydrogen) atoms. The van der Waals surface area contributed by atoms with Gasteiger partial charge in [0.1, 0.15) is 11.4 Å². The molecule has 0 radical (unpaired) electrons. The van der Waals surface area contributed by atoms with Gasteiger partial charge in [-0.3, -0.25) is 4.79 Å². The van der Waals surface area contributed by atoms with Crippen molar-refractivity contribution in [2.75, 3.05) is 0 Å². The molecule has 1 N–H and O–H groups in total. The van der Waals surface area contributed by atoms with Gasteiger partial charge in [0.05, 0.1) is 6.04 Å². The van der Waals surface area contributed by atoms with Crippen molar-refractivity contribution >= 4 is 12.0 Å². The number of benzene rings is 1. The van der Waals surface area contributed by atoms with Crippen LogP contribution < -0.4 is 5.43 Å². The third-order valence-electron chi connectivity index (χ3n) is 3.09. The van der Waals surface area contributed by atoms with Crippen molar-refractivity contribution in [3.05, 3.63) is 35.6 Å². The zero-order valence-corrected chi connectivity index (χ0v) is 12.4. The molecule has 1 aromatic rings. The zero-order valence-electron chi connectivity index (χ0n) is 12.4. The van der Waals surface area contributed by atoms with Crippen molar-refractivity contribution in [3.8, 4) is 0 Å². The molecule has 2 rings (SSSR count). The Morgan fingerprint density at radius 2 is 2.05 bits per heavy atom. The van der Waals surface area contributed by atoms with Gasteiger partial charge in [-0.1, -0.05) is 18.2 Å². The molecule has 0 bridgehead atoms. The minimum atomic E-state index is -0.723. The first kappa shape index (κ1) is 15.3. The Hall–Kier alpha value is -2.11. The molecule has 1 aliphatic heterocycles. The van der Waals surface area contributed by atoms with Crippen LogP contribution in [-0.2, 0) is 9.53 Å². The average molecular weight is 294 g/mol. The summed E-state index contributed by atoms with van der Waals surface area (Å²) in [6.45, 7) is 5.19. The summed E-state index contributed by atoms with van der Waals surface area (Å²) in [5, 5.41) is 1.16. The molecule has 114 valence electrons. The molecule has 2 amide bonds. The fourth-order valence-corrected chi connectivity index (χ4v) is 2.26. The van der Waals surface area contributed by atoms with Crippen LogP contribution in [0.4, 0.5) is 9.18 Å². The van der Waals surface area contributed by atoms with E-state index in [2.05, 4.69) is 5.43 Å². The van der Waals surface area contributed by atoms with Crippen LogP contribution >= 0.6 is 0 Å². The van der Waals surface area contributed by atoms with E-state index in [0.29, 0.717) is 12.0 Å². The minimum Gasteiger partial charge on any atom is -0.443 e. The highest BCUT2D eigenvalue weighted by molar-refractivity contribution is 5.81. The van der Waals surface area contributed by atoms with Gasteiger partial charge in [0.2, 0.25) is 5.91 Å². The van der Waals surface area contributed by atoms with Crippen LogP contribution in [0.25, 0.3) is 0 Å². The van der Waals surface area contributed by atoms with Crippen LogP contribution in [0.1, 0.15) is 45.2 Å². The Morgan fingerprint density at radius 3 is 2.67 bits per heavy atom. The van der Waals surface area contributed by atoms with Crippen molar-refractivity contribution < 1.29 is 18.7 Å². The van der Waals surface area contributed by atoms with Gasteiger partial charge in [0.25, 0.3) is 0 Å². The van der Waals surface area contributed by atoms with Crippen molar-refractivity contribution in [3.63, 3.8) is 0 Å². The first-order valence-electron chi connectivity index (χ1n) is 6.84. The van der Waals surface area contributed by atoms with Crippen LogP contribution in [-0.4, -0.2) is 22.6 Å². The predicted molar refractivity (Wildman–Crippen MR) is 74.6 cm³/mol. The molecule has 0 spiro atoms. The van der Waals surface area contributed by atoms with Crippen LogP contribution in [0.3, 0.4) is 0 Å². The van der Waals surface area contributed by atoms with E-state index in [1.807, 2.05) is 0 Å². The van der Waals surface area contributed by atoms with Crippen molar-refractivity contribution in [1.29, 1.82) is 0 Å². The summed E-state index contributed by atoms with van der Waals surface area (Å²) >= 11 is 0. The van der Waals surface area contributed by atoms with Gasteiger partial charge < -0.3 is 4.74 Å². The number of ether oxygens (including phenoxy) is 1. The SMILES string of the molecule is CC(C)(C)OC(=O)NN1C(=O)CC[C@H]1c1ccccc1F. The second-order valence-corrected chi connectivity index (χ2v) is 5.95. The van der Waals surface area contributed by atoms with E-state index in [9.17, 15) is 14.0 Å². The lowest BCUT2D eigenvalue weighted by molar-refractivity contribution is -0.132. The summed E-state index contributed by atoms with van der Waals surface area (Å²) in [5.41, 5.74) is 2.14. The second-order valence-electron chi connectivity index (χ2n) is 5.95. The lowest BCUT2D eigenvalue weighted by atomic mass is 10.0. The topological polar surface area (TPSA) is 58.6 Å². The third-order valence-corrected chi connectivity index (χ3v) is 3.09. The van der Waals surface area contributed by atoms with Crippen LogP contribution in [0.2, 0.25) is 0 Å². The zero-order chi connectivity index (χ0) is 15.6. The minimum absolute atomic E-state index is 0.255. The maximum atomic E-state index is 13.9. The number of rotatable bonds is 2. The predicted octanol–water partition coefficient (Wildman–Crippen LogP) is 2.93. The van der Waals surface area contributed by atoms with Crippen LogP contribution in [0.15, 0.2) is 24.3 Å². The van der Waals surface area contributed by atoms with E-state index >= 15 is 0 Å². The highest BCUT2D eigenvalue weighted by Crippen LogP contribution is 2.32. The molecule has 0 saturated carbocycles. The number of hydrogen-bond donors (Lipinski definition) is 1. The van der Waals surface area contributed by atoms with Gasteiger partial charge in [-0.05, 0) is 33.3 Å². The molecule has 1 atom stereocenters. The van der Waals surface area contributed by atoms with Crippen LogP contribution in [0.5, 0.6) is 0 Å². The smallest absolute Gasteiger partial charge is 0.426 e. The van der Waals surface area contributed by atoms with Gasteiger partial charge in [0.15, 0.2) is 0 Å². The molecule has 0 aliphatic carbocycles. The molecule has 1 aromatic carbocycles. The fraction of sp³-hybridized carbons (Fsp3) is 0.467. The van der Waals surface area contributed by atoms with Gasteiger partial charge in [-0.2, -0.15) is 0 Å². The number of carbonyl (C=O) groups is 2. The summed E-state index contributed by atoms with van der Waals surface area (Å²) in [5.74, 6) is -0.651. The summed E-state index contributed by atoms with van der Waals surface area (Å²) in [6, 6.07) is 5.73. The Balaban J connectivity index is 2.15. The summed E-state index contributed by atoms with van der Waals surface area (Å²) in [7, 11) is 0. The van der Waals surface area contributed by atoms with Gasteiger partial charge in [0, 0.05) is 12.0 Å². The molecule has 1 heterocycles. The summed E-state index contributed by atoms with van der Waals surface area (Å²) in [6.07, 6.45) is -0.0104. The Kier molecular flexibility index (Phi) is 4.16. The molecular formula is C15H19FN2O3. The Labute approximate surface area is 123 Å². The molecule has 0 aromatic heterocycles. The molecule has 1 fully saturated rings. The first-order chi connectivity index (χ1) is 9.78. The maximum absolute atomic E-state index is 13.9. The van der Waals surface area contributed by atoms with E-state index < -0.39 is 23.6 Å². The number of hydrazine groups is 1. The highest BCUT2D eigenvalue weighted by atomic mass is 19.1. The number of amides is 2. The molecular weight excluding hydrogens is 275 g/mol. The first-order valence-corrected chi connectivity index (χ1v) is 6.84. The number of halogens is 1. The van der Waals surface area contributed by atoms with E-state index in [0.717, 1.165) is 5.01 Å². The van der Waals surface area contributed by atoms with Gasteiger partial charge in [-0.25, -0.2) is 19.6 Å². The summed E-state index contributed by atoms with van der Waals surface area (Å²) < 4.78 is 19.0. The van der Waals surface area contributed by atoms with Crippen LogP contribution in [0, 0.1) is 5.82 Å². The molecule has 1 aliphatic rings. The molecule has 1 saturated heterocycles. The quantitative estimate of drug-likeness (QED) is 0.912. The van der Waals surface area contributed by atoms with Crippen molar-refractivity contribution in [1.82, 2.24) is 10.4 Å². The second kappa shape index (κ2) is 5.71. The van der Waals surface area contributed by atoms with Crippen molar-refractivity contribution in [2.45, 2.75) is 45.3 Å². The van der Waals surface area contributed by atoms with E-state index in [-0.39, 0.29) is 12.3 Å². The lowest BCUT2D eigenvalue weighted by Gasteiger charge is -2.27. The molecule has 0 unspecified atom stereocenters. The Morgan fingerprint density at radius 1 is 1.38 bits per heavy atom.